The summed E-state index contributed by atoms with van der Waals surface area (Å²) in [5.74, 6) is 0.158. The minimum Gasteiger partial charge on any atom is -0.462 e. The second-order valence-corrected chi connectivity index (χ2v) is 3.72. The number of nitrogens with two attached hydrogens (primary N) is 1. The van der Waals surface area contributed by atoms with Gasteiger partial charge in [0.2, 0.25) is 5.88 Å². The van der Waals surface area contributed by atoms with Crippen LogP contribution in [0.25, 0.3) is 0 Å². The largest absolute Gasteiger partial charge is 0.462 e. The van der Waals surface area contributed by atoms with Gasteiger partial charge < -0.3 is 15.2 Å². The van der Waals surface area contributed by atoms with Gasteiger partial charge in [0.15, 0.2) is 5.75 Å². The van der Waals surface area contributed by atoms with Gasteiger partial charge in [0.25, 0.3) is 0 Å². The number of ether oxygens (including phenoxy) is 2. The quantitative estimate of drug-likeness (QED) is 0.674. The minimum absolute atomic E-state index is 0.179. The molecule has 1 heterocycles. The number of hydrogen-bond acceptors (Lipinski definition) is 5. The second kappa shape index (κ2) is 5.86. The number of hydrogen-bond donors (Lipinski definition) is 1. The topological polar surface area (TPSA) is 74.4 Å². The standard InChI is InChI=1S/C14H14N2O3/c1-2-18-14(17)10-6-5-9-16-13(10)19-12-8-4-3-7-11(12)15/h3-9H,2,15H2,1H3. The molecule has 0 aliphatic heterocycles. The molecule has 2 rings (SSSR count). The fraction of sp³-hybridized carbons (Fsp3) is 0.143. The molecule has 2 aromatic rings. The number of carbonyl (C=O) groups excluding carboxylic acids is 1. The predicted octanol–water partition coefficient (Wildman–Crippen LogP) is 2.63. The number of anilines is 1. The number of aromatic nitrogens is 1. The first-order chi connectivity index (χ1) is 9.22. The van der Waals surface area contributed by atoms with Crippen LogP contribution in [0.1, 0.15) is 17.3 Å². The molecule has 2 N–H and O–H groups in total. The van der Waals surface area contributed by atoms with Crippen LogP contribution in [0.15, 0.2) is 42.6 Å². The summed E-state index contributed by atoms with van der Waals surface area (Å²) in [6, 6.07) is 10.2. The molecule has 0 fully saturated rings. The highest BCUT2D eigenvalue weighted by atomic mass is 16.5. The lowest BCUT2D eigenvalue weighted by Crippen LogP contribution is -2.07. The van der Waals surface area contributed by atoms with Crippen LogP contribution >= 0.6 is 0 Å². The summed E-state index contributed by atoms with van der Waals surface area (Å²) in [4.78, 5) is 15.8. The third-order valence-corrected chi connectivity index (χ3v) is 2.39. The maximum Gasteiger partial charge on any atom is 0.343 e. The van der Waals surface area contributed by atoms with Crippen LogP contribution in [0, 0.1) is 0 Å². The Hall–Kier alpha value is -2.56. The first-order valence-corrected chi connectivity index (χ1v) is 5.87. The number of para-hydroxylation sites is 2. The zero-order valence-electron chi connectivity index (χ0n) is 10.5. The highest BCUT2D eigenvalue weighted by Gasteiger charge is 2.15. The number of nitrogen functional groups attached to an aromatic ring is 1. The molecule has 19 heavy (non-hydrogen) atoms. The predicted molar refractivity (Wildman–Crippen MR) is 71.1 cm³/mol. The van der Waals surface area contributed by atoms with Crippen molar-refractivity contribution < 1.29 is 14.3 Å². The fourth-order valence-corrected chi connectivity index (χ4v) is 1.51. The van der Waals surface area contributed by atoms with E-state index in [1.54, 1.807) is 43.3 Å². The summed E-state index contributed by atoms with van der Waals surface area (Å²) in [6.45, 7) is 2.03. The Kier molecular flexibility index (Phi) is 3.97. The molecule has 0 saturated carbocycles. The van der Waals surface area contributed by atoms with Crippen LogP contribution in [0.2, 0.25) is 0 Å². The van der Waals surface area contributed by atoms with Gasteiger partial charge in [0.05, 0.1) is 12.3 Å². The lowest BCUT2D eigenvalue weighted by atomic mass is 10.2. The highest BCUT2D eigenvalue weighted by Crippen LogP contribution is 2.27. The van der Waals surface area contributed by atoms with Gasteiger partial charge >= 0.3 is 5.97 Å². The third-order valence-electron chi connectivity index (χ3n) is 2.39. The molecule has 0 amide bonds. The van der Waals surface area contributed by atoms with E-state index < -0.39 is 5.97 Å². The van der Waals surface area contributed by atoms with E-state index in [0.717, 1.165) is 0 Å². The number of esters is 1. The monoisotopic (exact) mass is 258 g/mol. The Morgan fingerprint density at radius 3 is 2.79 bits per heavy atom. The average Bonchev–Trinajstić information content (AvgIpc) is 2.42. The van der Waals surface area contributed by atoms with Crippen LogP contribution < -0.4 is 10.5 Å². The van der Waals surface area contributed by atoms with Gasteiger partial charge in [0.1, 0.15) is 5.56 Å². The maximum absolute atomic E-state index is 11.8. The van der Waals surface area contributed by atoms with Crippen molar-refractivity contribution in [2.75, 3.05) is 12.3 Å². The van der Waals surface area contributed by atoms with Crippen molar-refractivity contribution in [2.45, 2.75) is 6.92 Å². The molecule has 98 valence electrons. The molecule has 1 aromatic heterocycles. The maximum atomic E-state index is 11.8. The first-order valence-electron chi connectivity index (χ1n) is 5.87. The van der Waals surface area contributed by atoms with E-state index >= 15 is 0 Å². The smallest absolute Gasteiger partial charge is 0.343 e. The average molecular weight is 258 g/mol. The second-order valence-electron chi connectivity index (χ2n) is 3.72. The number of rotatable bonds is 4. The van der Waals surface area contributed by atoms with Gasteiger partial charge in [-0.3, -0.25) is 0 Å². The van der Waals surface area contributed by atoms with Gasteiger partial charge in [-0.1, -0.05) is 12.1 Å². The van der Waals surface area contributed by atoms with Crippen molar-refractivity contribution in [1.82, 2.24) is 4.98 Å². The molecule has 0 radical (unpaired) electrons. The van der Waals surface area contributed by atoms with Crippen molar-refractivity contribution in [3.05, 3.63) is 48.2 Å². The summed E-state index contributed by atoms with van der Waals surface area (Å²) in [7, 11) is 0. The van der Waals surface area contributed by atoms with E-state index in [-0.39, 0.29) is 11.4 Å². The van der Waals surface area contributed by atoms with E-state index in [1.807, 2.05) is 0 Å². The molecule has 1 aromatic carbocycles. The molecular formula is C14H14N2O3. The molecule has 0 aliphatic rings. The van der Waals surface area contributed by atoms with E-state index in [2.05, 4.69) is 4.98 Å². The molecule has 0 saturated heterocycles. The van der Waals surface area contributed by atoms with Crippen LogP contribution in [0.5, 0.6) is 11.6 Å². The van der Waals surface area contributed by atoms with Crippen LogP contribution in [-0.4, -0.2) is 17.6 Å². The molecular weight excluding hydrogens is 244 g/mol. The van der Waals surface area contributed by atoms with Gasteiger partial charge in [-0.25, -0.2) is 9.78 Å². The third kappa shape index (κ3) is 3.01. The molecule has 0 aliphatic carbocycles. The van der Waals surface area contributed by atoms with Gasteiger partial charge in [-0.15, -0.1) is 0 Å². The summed E-state index contributed by atoms with van der Waals surface area (Å²) in [6.07, 6.45) is 1.54. The molecule has 0 unspecified atom stereocenters. The lowest BCUT2D eigenvalue weighted by molar-refractivity contribution is 0.0522. The molecule has 0 spiro atoms. The summed E-state index contributed by atoms with van der Waals surface area (Å²) in [5.41, 5.74) is 6.53. The number of carbonyl (C=O) groups is 1. The zero-order chi connectivity index (χ0) is 13.7. The summed E-state index contributed by atoms with van der Waals surface area (Å²) in [5, 5.41) is 0. The SMILES string of the molecule is CCOC(=O)c1cccnc1Oc1ccccc1N. The van der Waals surface area contributed by atoms with Crippen LogP contribution in [0.4, 0.5) is 5.69 Å². The van der Waals surface area contributed by atoms with Crippen molar-refractivity contribution >= 4 is 11.7 Å². The van der Waals surface area contributed by atoms with Crippen LogP contribution in [-0.2, 0) is 4.74 Å². The molecule has 5 heteroatoms. The van der Waals surface area contributed by atoms with E-state index in [0.29, 0.717) is 18.0 Å². The van der Waals surface area contributed by atoms with E-state index in [9.17, 15) is 4.79 Å². The number of nitrogens with zero attached hydrogens (tertiary/aromatic N) is 1. The van der Waals surface area contributed by atoms with Crippen molar-refractivity contribution in [2.24, 2.45) is 0 Å². The first kappa shape index (κ1) is 12.9. The molecule has 5 nitrogen and oxygen atoms in total. The normalized spacial score (nSPS) is 9.95. The Bertz CT molecular complexity index is 584. The number of benzene rings is 1. The van der Waals surface area contributed by atoms with Crippen molar-refractivity contribution in [3.8, 4) is 11.6 Å². The van der Waals surface area contributed by atoms with Crippen molar-refractivity contribution in [3.63, 3.8) is 0 Å². The van der Waals surface area contributed by atoms with Gasteiger partial charge in [-0.2, -0.15) is 0 Å². The van der Waals surface area contributed by atoms with Crippen LogP contribution in [0.3, 0.4) is 0 Å². The van der Waals surface area contributed by atoms with Crippen molar-refractivity contribution in [1.29, 1.82) is 0 Å². The Labute approximate surface area is 111 Å². The lowest BCUT2D eigenvalue weighted by Gasteiger charge is -2.10. The Morgan fingerprint density at radius 1 is 1.26 bits per heavy atom. The van der Waals surface area contributed by atoms with Gasteiger partial charge in [0, 0.05) is 6.20 Å². The van der Waals surface area contributed by atoms with E-state index in [4.69, 9.17) is 15.2 Å². The summed E-state index contributed by atoms with van der Waals surface area (Å²) >= 11 is 0. The minimum atomic E-state index is -0.472. The highest BCUT2D eigenvalue weighted by molar-refractivity contribution is 5.91. The van der Waals surface area contributed by atoms with E-state index in [1.165, 1.54) is 6.20 Å². The Morgan fingerprint density at radius 2 is 2.05 bits per heavy atom. The zero-order valence-corrected chi connectivity index (χ0v) is 10.5. The molecule has 0 bridgehead atoms. The Balaban J connectivity index is 2.30. The fourth-order valence-electron chi connectivity index (χ4n) is 1.51. The van der Waals surface area contributed by atoms with Gasteiger partial charge in [-0.05, 0) is 31.2 Å². The molecule has 0 atom stereocenters. The number of pyridine rings is 1. The summed E-state index contributed by atoms with van der Waals surface area (Å²) < 4.78 is 10.5.